The number of carbonyl (C=O) groups excluding carboxylic acids is 2. The van der Waals surface area contributed by atoms with E-state index in [1.807, 2.05) is 6.07 Å². The predicted molar refractivity (Wildman–Crippen MR) is 86.9 cm³/mol. The van der Waals surface area contributed by atoms with Crippen molar-refractivity contribution in [3.63, 3.8) is 0 Å². The summed E-state index contributed by atoms with van der Waals surface area (Å²) in [5.41, 5.74) is 6.10. The number of thiophene rings is 1. The van der Waals surface area contributed by atoms with Crippen LogP contribution < -0.4 is 5.73 Å². The summed E-state index contributed by atoms with van der Waals surface area (Å²) in [6.07, 6.45) is 4.11. The molecule has 2 aromatic rings. The Hall–Kier alpha value is -3.05. The Labute approximate surface area is 141 Å². The average Bonchev–Trinajstić information content (AvgIpc) is 3.18. The summed E-state index contributed by atoms with van der Waals surface area (Å²) in [6.45, 7) is 1.59. The molecule has 0 aliphatic heterocycles. The fourth-order valence-electron chi connectivity index (χ4n) is 1.83. The fraction of sp³-hybridized carbons (Fsp3) is 0.188. The van der Waals surface area contributed by atoms with Gasteiger partial charge in [-0.15, -0.1) is 11.3 Å². The van der Waals surface area contributed by atoms with Crippen molar-refractivity contribution in [1.29, 1.82) is 5.26 Å². The zero-order valence-electron chi connectivity index (χ0n) is 12.8. The highest BCUT2D eigenvalue weighted by Gasteiger charge is 2.23. The molecule has 2 heterocycles. The van der Waals surface area contributed by atoms with Crippen molar-refractivity contribution < 1.29 is 23.5 Å². The number of esters is 2. The van der Waals surface area contributed by atoms with E-state index in [4.69, 9.17) is 19.6 Å². The number of nitrogens with zero attached hydrogens (tertiary/aromatic N) is 1. The summed E-state index contributed by atoms with van der Waals surface area (Å²) in [7, 11) is 0. The molecule has 0 saturated carbocycles. The highest BCUT2D eigenvalue weighted by molar-refractivity contribution is 7.18. The number of nitriles is 1. The van der Waals surface area contributed by atoms with Gasteiger partial charge >= 0.3 is 11.9 Å². The molecule has 0 saturated heterocycles. The van der Waals surface area contributed by atoms with Crippen LogP contribution >= 0.6 is 11.3 Å². The van der Waals surface area contributed by atoms with E-state index in [2.05, 4.69) is 0 Å². The molecule has 2 rings (SSSR count). The Bertz CT molecular complexity index is 799. The van der Waals surface area contributed by atoms with E-state index in [1.54, 1.807) is 19.1 Å². The number of ether oxygens (including phenoxy) is 2. The molecule has 2 aromatic heterocycles. The van der Waals surface area contributed by atoms with E-state index < -0.39 is 11.9 Å². The van der Waals surface area contributed by atoms with Crippen LogP contribution in [0.5, 0.6) is 0 Å². The molecule has 0 radical (unpaired) electrons. The minimum Gasteiger partial charge on any atom is -0.465 e. The van der Waals surface area contributed by atoms with Crippen LogP contribution in [0.3, 0.4) is 0 Å². The number of furan rings is 1. The van der Waals surface area contributed by atoms with E-state index in [9.17, 15) is 14.9 Å². The minimum absolute atomic E-state index is 0.117. The molecule has 0 atom stereocenters. The lowest BCUT2D eigenvalue weighted by Crippen LogP contribution is -2.08. The Morgan fingerprint density at radius 1 is 1.46 bits per heavy atom. The normalized spacial score (nSPS) is 10.5. The van der Waals surface area contributed by atoms with Crippen LogP contribution in [0.15, 0.2) is 28.9 Å². The number of nitrogen functional groups attached to an aromatic ring is 1. The van der Waals surface area contributed by atoms with Gasteiger partial charge in [0.1, 0.15) is 28.3 Å². The largest absolute Gasteiger partial charge is 0.465 e. The van der Waals surface area contributed by atoms with Crippen molar-refractivity contribution in [2.75, 3.05) is 12.3 Å². The topological polar surface area (TPSA) is 116 Å². The van der Waals surface area contributed by atoms with Crippen LogP contribution in [0.25, 0.3) is 6.08 Å². The van der Waals surface area contributed by atoms with Crippen LogP contribution in [0.2, 0.25) is 0 Å². The lowest BCUT2D eigenvalue weighted by atomic mass is 10.1. The van der Waals surface area contributed by atoms with Gasteiger partial charge in [0.05, 0.1) is 18.4 Å². The van der Waals surface area contributed by atoms with Gasteiger partial charge in [0.25, 0.3) is 0 Å². The van der Waals surface area contributed by atoms with Gasteiger partial charge in [0.2, 0.25) is 0 Å². The van der Waals surface area contributed by atoms with Gasteiger partial charge in [-0.25, -0.2) is 9.59 Å². The van der Waals surface area contributed by atoms with E-state index in [0.29, 0.717) is 5.76 Å². The maximum atomic E-state index is 11.9. The van der Waals surface area contributed by atoms with Crippen molar-refractivity contribution in [1.82, 2.24) is 0 Å². The Morgan fingerprint density at radius 3 is 2.88 bits per heavy atom. The lowest BCUT2D eigenvalue weighted by Gasteiger charge is -2.05. The molecule has 8 heteroatoms. The summed E-state index contributed by atoms with van der Waals surface area (Å²) in [5.74, 6) is -0.751. The number of anilines is 1. The van der Waals surface area contributed by atoms with Crippen LogP contribution in [0.1, 0.15) is 33.5 Å². The first kappa shape index (κ1) is 17.3. The second-order valence-corrected chi connectivity index (χ2v) is 5.49. The first-order chi connectivity index (χ1) is 11.6. The molecule has 0 aliphatic rings. The maximum Gasteiger partial charge on any atom is 0.348 e. The molecule has 124 valence electrons. The number of hydrogen-bond donors (Lipinski definition) is 1. The van der Waals surface area contributed by atoms with Crippen LogP contribution in [-0.4, -0.2) is 18.5 Å². The van der Waals surface area contributed by atoms with Crippen LogP contribution in [0, 0.1) is 11.3 Å². The molecule has 2 N–H and O–H groups in total. The number of carbonyl (C=O) groups is 2. The maximum absolute atomic E-state index is 11.9. The Kier molecular flexibility index (Phi) is 5.76. The number of rotatable bonds is 6. The molecule has 24 heavy (non-hydrogen) atoms. The predicted octanol–water partition coefficient (Wildman–Crippen LogP) is 2.73. The smallest absolute Gasteiger partial charge is 0.348 e. The van der Waals surface area contributed by atoms with Crippen molar-refractivity contribution >= 4 is 34.4 Å². The van der Waals surface area contributed by atoms with Gasteiger partial charge in [-0.2, -0.15) is 5.26 Å². The molecule has 0 unspecified atom stereocenters. The van der Waals surface area contributed by atoms with Crippen molar-refractivity contribution in [3.8, 4) is 6.07 Å². The third-order valence-corrected chi connectivity index (χ3v) is 3.93. The second kappa shape index (κ2) is 7.99. The van der Waals surface area contributed by atoms with Gasteiger partial charge in [-0.3, -0.25) is 0 Å². The van der Waals surface area contributed by atoms with Crippen molar-refractivity contribution in [2.45, 2.75) is 13.5 Å². The SMILES string of the molecule is CCOC(=O)c1sc(N)c(C#N)c1COC(=O)/C=C/c1ccco1. The highest BCUT2D eigenvalue weighted by Crippen LogP contribution is 2.31. The van der Waals surface area contributed by atoms with E-state index in [1.165, 1.54) is 18.4 Å². The molecule has 0 amide bonds. The lowest BCUT2D eigenvalue weighted by molar-refractivity contribution is -0.138. The third-order valence-electron chi connectivity index (χ3n) is 2.89. The zero-order chi connectivity index (χ0) is 17.5. The molecule has 0 aromatic carbocycles. The van der Waals surface area contributed by atoms with Gasteiger partial charge in [0, 0.05) is 11.6 Å². The summed E-state index contributed by atoms with van der Waals surface area (Å²) >= 11 is 0.933. The molecule has 0 aliphatic carbocycles. The molecule has 7 nitrogen and oxygen atoms in total. The second-order valence-electron chi connectivity index (χ2n) is 4.44. The van der Waals surface area contributed by atoms with Gasteiger partial charge in [0.15, 0.2) is 0 Å². The van der Waals surface area contributed by atoms with Crippen LogP contribution in [0.4, 0.5) is 5.00 Å². The summed E-state index contributed by atoms with van der Waals surface area (Å²) in [6, 6.07) is 5.27. The minimum atomic E-state index is -0.644. The van der Waals surface area contributed by atoms with Crippen LogP contribution in [-0.2, 0) is 20.9 Å². The quantitative estimate of drug-likeness (QED) is 0.631. The molecule has 0 bridgehead atoms. The van der Waals surface area contributed by atoms with Gasteiger partial charge in [-0.1, -0.05) is 0 Å². The van der Waals surface area contributed by atoms with Crippen molar-refractivity contribution in [3.05, 3.63) is 46.2 Å². The zero-order valence-corrected chi connectivity index (χ0v) is 13.6. The number of nitrogens with two attached hydrogens (primary N) is 1. The molecule has 0 spiro atoms. The molecular formula is C16H14N2O5S. The summed E-state index contributed by atoms with van der Waals surface area (Å²) in [4.78, 5) is 23.8. The number of hydrogen-bond acceptors (Lipinski definition) is 8. The highest BCUT2D eigenvalue weighted by atomic mass is 32.1. The fourth-order valence-corrected chi connectivity index (χ4v) is 2.75. The summed E-state index contributed by atoms with van der Waals surface area (Å²) in [5, 5.41) is 9.35. The van der Waals surface area contributed by atoms with Gasteiger partial charge < -0.3 is 19.6 Å². The standard InChI is InChI=1S/C16H14N2O5S/c1-2-21-16(20)14-12(11(8-17)15(18)24-14)9-23-13(19)6-5-10-4-3-7-22-10/h3-7H,2,9,18H2,1H3/b6-5+. The average molecular weight is 346 g/mol. The van der Waals surface area contributed by atoms with E-state index in [-0.39, 0.29) is 34.2 Å². The monoisotopic (exact) mass is 346 g/mol. The van der Waals surface area contributed by atoms with Crippen molar-refractivity contribution in [2.24, 2.45) is 0 Å². The molecule has 0 fully saturated rings. The third kappa shape index (κ3) is 4.02. The Morgan fingerprint density at radius 2 is 2.25 bits per heavy atom. The van der Waals surface area contributed by atoms with E-state index >= 15 is 0 Å². The molecular weight excluding hydrogens is 332 g/mol. The van der Waals surface area contributed by atoms with E-state index in [0.717, 1.165) is 11.3 Å². The van der Waals surface area contributed by atoms with Gasteiger partial charge in [-0.05, 0) is 25.1 Å². The first-order valence-corrected chi connectivity index (χ1v) is 7.75. The Balaban J connectivity index is 2.12. The summed E-state index contributed by atoms with van der Waals surface area (Å²) < 4.78 is 15.1. The first-order valence-electron chi connectivity index (χ1n) is 6.93.